The number of rotatable bonds is 3. The first-order chi connectivity index (χ1) is 7.66. The summed E-state index contributed by atoms with van der Waals surface area (Å²) < 4.78 is 2.04. The van der Waals surface area contributed by atoms with Gasteiger partial charge in [0.15, 0.2) is 0 Å². The Bertz CT molecular complexity index is 474. The predicted octanol–water partition coefficient (Wildman–Crippen LogP) is 2.90. The van der Waals surface area contributed by atoms with Gasteiger partial charge in [-0.05, 0) is 31.5 Å². The molecular weight excluding hydrogens is 198 g/mol. The molecule has 1 N–H and O–H groups in total. The lowest BCUT2D eigenvalue weighted by molar-refractivity contribution is 0.721. The van der Waals surface area contributed by atoms with E-state index in [4.69, 9.17) is 0 Å². The van der Waals surface area contributed by atoms with Crippen molar-refractivity contribution in [3.8, 4) is 0 Å². The van der Waals surface area contributed by atoms with Crippen LogP contribution in [0.5, 0.6) is 0 Å². The Kier molecular flexibility index (Phi) is 2.95. The molecule has 1 heterocycles. The summed E-state index contributed by atoms with van der Waals surface area (Å²) in [5.41, 5.74) is 2.40. The maximum atomic E-state index is 4.33. The number of imidazole rings is 1. The maximum Gasteiger partial charge on any atom is 0.130 e. The van der Waals surface area contributed by atoms with E-state index in [1.54, 1.807) is 0 Å². The van der Waals surface area contributed by atoms with Crippen molar-refractivity contribution < 1.29 is 0 Å². The largest absolute Gasteiger partial charge is 0.375 e. The molecule has 0 saturated heterocycles. The van der Waals surface area contributed by atoms with Gasteiger partial charge in [-0.2, -0.15) is 0 Å². The quantitative estimate of drug-likeness (QED) is 0.853. The van der Waals surface area contributed by atoms with Gasteiger partial charge in [0.2, 0.25) is 0 Å². The average Bonchev–Trinajstić information content (AvgIpc) is 2.64. The average molecular weight is 215 g/mol. The van der Waals surface area contributed by atoms with Crippen molar-refractivity contribution in [2.45, 2.75) is 19.9 Å². The Morgan fingerprint density at radius 3 is 2.81 bits per heavy atom. The number of nitrogens with zero attached hydrogens (tertiary/aromatic N) is 2. The standard InChI is InChI=1S/C13H17N3/c1-10-5-4-6-12(9-10)15-11(2)13-14-7-8-16(13)3/h4-9,11,15H,1-3H3. The molecule has 2 aromatic rings. The van der Waals surface area contributed by atoms with Crippen molar-refractivity contribution in [3.63, 3.8) is 0 Å². The summed E-state index contributed by atoms with van der Waals surface area (Å²) >= 11 is 0. The minimum absolute atomic E-state index is 0.210. The number of anilines is 1. The minimum atomic E-state index is 0.210. The molecule has 3 heteroatoms. The molecule has 0 radical (unpaired) electrons. The number of aryl methyl sites for hydroxylation is 2. The van der Waals surface area contributed by atoms with E-state index < -0.39 is 0 Å². The molecule has 1 aromatic carbocycles. The van der Waals surface area contributed by atoms with Gasteiger partial charge in [0, 0.05) is 25.1 Å². The van der Waals surface area contributed by atoms with Crippen LogP contribution in [0, 0.1) is 6.92 Å². The van der Waals surface area contributed by atoms with Crippen LogP contribution in [0.3, 0.4) is 0 Å². The van der Waals surface area contributed by atoms with E-state index in [0.29, 0.717) is 0 Å². The van der Waals surface area contributed by atoms with Crippen LogP contribution in [0.4, 0.5) is 5.69 Å². The van der Waals surface area contributed by atoms with Crippen LogP contribution in [-0.2, 0) is 7.05 Å². The van der Waals surface area contributed by atoms with Crippen LogP contribution in [0.25, 0.3) is 0 Å². The molecule has 1 atom stereocenters. The molecule has 2 rings (SSSR count). The highest BCUT2D eigenvalue weighted by Crippen LogP contribution is 2.18. The lowest BCUT2D eigenvalue weighted by Crippen LogP contribution is -2.11. The highest BCUT2D eigenvalue weighted by atomic mass is 15.1. The lowest BCUT2D eigenvalue weighted by atomic mass is 10.2. The Morgan fingerprint density at radius 2 is 2.19 bits per heavy atom. The first-order valence-electron chi connectivity index (χ1n) is 5.47. The van der Waals surface area contributed by atoms with E-state index in [0.717, 1.165) is 11.5 Å². The maximum absolute atomic E-state index is 4.33. The van der Waals surface area contributed by atoms with E-state index >= 15 is 0 Å². The molecule has 0 bridgehead atoms. The lowest BCUT2D eigenvalue weighted by Gasteiger charge is -2.15. The summed E-state index contributed by atoms with van der Waals surface area (Å²) in [6.07, 6.45) is 3.79. The Balaban J connectivity index is 2.14. The second kappa shape index (κ2) is 4.39. The third kappa shape index (κ3) is 2.24. The number of hydrogen-bond donors (Lipinski definition) is 1. The topological polar surface area (TPSA) is 29.9 Å². The SMILES string of the molecule is Cc1cccc(NC(C)c2nccn2C)c1. The molecule has 84 valence electrons. The fourth-order valence-electron chi connectivity index (χ4n) is 1.84. The molecule has 0 saturated carbocycles. The molecule has 3 nitrogen and oxygen atoms in total. The molecular formula is C13H17N3. The van der Waals surface area contributed by atoms with Crippen LogP contribution in [-0.4, -0.2) is 9.55 Å². The molecule has 16 heavy (non-hydrogen) atoms. The number of aromatic nitrogens is 2. The highest BCUT2D eigenvalue weighted by Gasteiger charge is 2.09. The first-order valence-corrected chi connectivity index (χ1v) is 5.47. The molecule has 1 unspecified atom stereocenters. The van der Waals surface area contributed by atoms with Crippen LogP contribution < -0.4 is 5.32 Å². The summed E-state index contributed by atoms with van der Waals surface area (Å²) in [5, 5.41) is 3.44. The minimum Gasteiger partial charge on any atom is -0.375 e. The second-order valence-corrected chi connectivity index (χ2v) is 4.13. The van der Waals surface area contributed by atoms with E-state index in [1.165, 1.54) is 5.56 Å². The van der Waals surface area contributed by atoms with Crippen molar-refractivity contribution >= 4 is 5.69 Å². The van der Waals surface area contributed by atoms with Gasteiger partial charge in [-0.15, -0.1) is 0 Å². The molecule has 0 aliphatic carbocycles. The number of hydrogen-bond acceptors (Lipinski definition) is 2. The van der Waals surface area contributed by atoms with Crippen molar-refractivity contribution in [1.29, 1.82) is 0 Å². The monoisotopic (exact) mass is 215 g/mol. The fourth-order valence-corrected chi connectivity index (χ4v) is 1.84. The van der Waals surface area contributed by atoms with Crippen LogP contribution >= 0.6 is 0 Å². The van der Waals surface area contributed by atoms with Crippen LogP contribution in [0.2, 0.25) is 0 Å². The van der Waals surface area contributed by atoms with Crippen LogP contribution in [0.15, 0.2) is 36.7 Å². The molecule has 1 aromatic heterocycles. The first kappa shape index (κ1) is 10.7. The van der Waals surface area contributed by atoms with Gasteiger partial charge in [-0.25, -0.2) is 4.98 Å². The molecule has 0 spiro atoms. The summed E-state index contributed by atoms with van der Waals surface area (Å²) in [4.78, 5) is 4.33. The van der Waals surface area contributed by atoms with Crippen molar-refractivity contribution in [3.05, 3.63) is 48.0 Å². The summed E-state index contributed by atoms with van der Waals surface area (Å²) in [5.74, 6) is 1.04. The zero-order valence-corrected chi connectivity index (χ0v) is 9.94. The van der Waals surface area contributed by atoms with Gasteiger partial charge in [-0.1, -0.05) is 12.1 Å². The van der Waals surface area contributed by atoms with Crippen molar-refractivity contribution in [2.75, 3.05) is 5.32 Å². The van der Waals surface area contributed by atoms with Gasteiger partial charge in [0.1, 0.15) is 5.82 Å². The smallest absolute Gasteiger partial charge is 0.130 e. The van der Waals surface area contributed by atoms with Gasteiger partial charge in [-0.3, -0.25) is 0 Å². The summed E-state index contributed by atoms with van der Waals surface area (Å²) in [6.45, 7) is 4.21. The van der Waals surface area contributed by atoms with E-state index in [9.17, 15) is 0 Å². The zero-order valence-electron chi connectivity index (χ0n) is 9.94. The third-order valence-electron chi connectivity index (χ3n) is 2.65. The van der Waals surface area contributed by atoms with Crippen molar-refractivity contribution in [2.24, 2.45) is 7.05 Å². The summed E-state index contributed by atoms with van der Waals surface area (Å²) in [7, 11) is 2.01. The van der Waals surface area contributed by atoms with Gasteiger partial charge in [0.25, 0.3) is 0 Å². The highest BCUT2D eigenvalue weighted by molar-refractivity contribution is 5.46. The third-order valence-corrected chi connectivity index (χ3v) is 2.65. The Hall–Kier alpha value is -1.77. The normalized spacial score (nSPS) is 12.4. The zero-order chi connectivity index (χ0) is 11.5. The summed E-state index contributed by atoms with van der Waals surface area (Å²) in [6, 6.07) is 8.58. The van der Waals surface area contributed by atoms with Crippen molar-refractivity contribution in [1.82, 2.24) is 9.55 Å². The van der Waals surface area contributed by atoms with Gasteiger partial charge < -0.3 is 9.88 Å². The molecule has 0 aliphatic heterocycles. The van der Waals surface area contributed by atoms with E-state index in [1.807, 2.05) is 24.0 Å². The molecule has 0 fully saturated rings. The Labute approximate surface area is 96.1 Å². The number of benzene rings is 1. The predicted molar refractivity (Wildman–Crippen MR) is 66.4 cm³/mol. The molecule has 0 aliphatic rings. The fraction of sp³-hybridized carbons (Fsp3) is 0.308. The van der Waals surface area contributed by atoms with Gasteiger partial charge in [0.05, 0.1) is 6.04 Å². The van der Waals surface area contributed by atoms with E-state index in [-0.39, 0.29) is 6.04 Å². The number of nitrogens with one attached hydrogen (secondary N) is 1. The van der Waals surface area contributed by atoms with E-state index in [2.05, 4.69) is 48.4 Å². The van der Waals surface area contributed by atoms with Crippen LogP contribution in [0.1, 0.15) is 24.4 Å². The van der Waals surface area contributed by atoms with Gasteiger partial charge >= 0.3 is 0 Å². The Morgan fingerprint density at radius 1 is 1.38 bits per heavy atom. The molecule has 0 amide bonds. The second-order valence-electron chi connectivity index (χ2n) is 4.13.